The monoisotopic (exact) mass is 217 g/mol. The van der Waals surface area contributed by atoms with Crippen molar-refractivity contribution in [2.45, 2.75) is 46.1 Å². The maximum atomic E-state index is 5.59. The van der Waals surface area contributed by atoms with Gasteiger partial charge in [-0.2, -0.15) is 0 Å². The number of allylic oxidation sites excluding steroid dienone is 1. The molecule has 84 valence electrons. The third-order valence-corrected chi connectivity index (χ3v) is 2.55. The van der Waals surface area contributed by atoms with Crippen LogP contribution in [0.3, 0.4) is 0 Å². The lowest BCUT2D eigenvalue weighted by molar-refractivity contribution is 0.241. The first-order valence-corrected chi connectivity index (χ1v) is 6.20. The van der Waals surface area contributed by atoms with E-state index in [9.17, 15) is 0 Å². The summed E-state index contributed by atoms with van der Waals surface area (Å²) in [6.45, 7) is 8.99. The van der Waals surface area contributed by atoms with Gasteiger partial charge < -0.3 is 0 Å². The SMILES string of the molecule is CCCCCN(CC=CCCl)C(C)C. The molecule has 0 rings (SSSR count). The second-order valence-corrected chi connectivity index (χ2v) is 4.23. The van der Waals surface area contributed by atoms with Gasteiger partial charge in [0.15, 0.2) is 0 Å². The Morgan fingerprint density at radius 1 is 1.21 bits per heavy atom. The molecule has 0 radical (unpaired) electrons. The van der Waals surface area contributed by atoms with Crippen molar-refractivity contribution in [2.24, 2.45) is 0 Å². The number of rotatable bonds is 8. The Balaban J connectivity index is 3.72. The molecule has 0 aromatic rings. The van der Waals surface area contributed by atoms with Crippen LogP contribution in [-0.4, -0.2) is 29.9 Å². The van der Waals surface area contributed by atoms with Crippen LogP contribution in [0.1, 0.15) is 40.0 Å². The average molecular weight is 218 g/mol. The van der Waals surface area contributed by atoms with Gasteiger partial charge in [-0.1, -0.05) is 31.9 Å². The highest BCUT2D eigenvalue weighted by Crippen LogP contribution is 2.03. The van der Waals surface area contributed by atoms with Crippen LogP contribution >= 0.6 is 11.6 Å². The van der Waals surface area contributed by atoms with E-state index in [1.54, 1.807) is 0 Å². The highest BCUT2D eigenvalue weighted by Gasteiger charge is 2.05. The lowest BCUT2D eigenvalue weighted by Gasteiger charge is -2.24. The number of halogens is 1. The van der Waals surface area contributed by atoms with E-state index in [-0.39, 0.29) is 0 Å². The Hall–Kier alpha value is -0.0100. The summed E-state index contributed by atoms with van der Waals surface area (Å²) < 4.78 is 0. The lowest BCUT2D eigenvalue weighted by atomic mass is 10.2. The first-order valence-electron chi connectivity index (χ1n) is 5.67. The van der Waals surface area contributed by atoms with Crippen LogP contribution in [0.4, 0.5) is 0 Å². The van der Waals surface area contributed by atoms with Gasteiger partial charge in [0, 0.05) is 18.5 Å². The molecule has 0 N–H and O–H groups in total. The molecule has 0 saturated carbocycles. The van der Waals surface area contributed by atoms with Gasteiger partial charge >= 0.3 is 0 Å². The van der Waals surface area contributed by atoms with Crippen LogP contribution < -0.4 is 0 Å². The lowest BCUT2D eigenvalue weighted by Crippen LogP contribution is -2.32. The molecule has 0 amide bonds. The molecule has 2 heteroatoms. The first-order chi connectivity index (χ1) is 6.72. The second kappa shape index (κ2) is 9.54. The minimum Gasteiger partial charge on any atom is -0.297 e. The molecule has 0 spiro atoms. The Bertz CT molecular complexity index is 143. The molecule has 1 nitrogen and oxygen atoms in total. The maximum absolute atomic E-state index is 5.59. The van der Waals surface area contributed by atoms with E-state index in [0.29, 0.717) is 11.9 Å². The van der Waals surface area contributed by atoms with Crippen LogP contribution in [0.2, 0.25) is 0 Å². The predicted octanol–water partition coefficient (Wildman–Crippen LogP) is 3.68. The van der Waals surface area contributed by atoms with Gasteiger partial charge in [-0.05, 0) is 26.8 Å². The van der Waals surface area contributed by atoms with Crippen molar-refractivity contribution in [3.8, 4) is 0 Å². The molecular weight excluding hydrogens is 194 g/mol. The zero-order valence-corrected chi connectivity index (χ0v) is 10.6. The van der Waals surface area contributed by atoms with Crippen molar-refractivity contribution in [1.29, 1.82) is 0 Å². The van der Waals surface area contributed by atoms with Crippen LogP contribution in [0.5, 0.6) is 0 Å². The number of hydrogen-bond donors (Lipinski definition) is 0. The molecule has 0 fully saturated rings. The largest absolute Gasteiger partial charge is 0.297 e. The van der Waals surface area contributed by atoms with Crippen molar-refractivity contribution in [2.75, 3.05) is 19.0 Å². The maximum Gasteiger partial charge on any atom is 0.0404 e. The summed E-state index contributed by atoms with van der Waals surface area (Å²) >= 11 is 5.59. The van der Waals surface area contributed by atoms with Gasteiger partial charge in [-0.15, -0.1) is 11.6 Å². The number of alkyl halides is 1. The summed E-state index contributed by atoms with van der Waals surface area (Å²) in [4.78, 5) is 2.48. The third-order valence-electron chi connectivity index (χ3n) is 2.37. The Morgan fingerprint density at radius 3 is 2.43 bits per heavy atom. The molecule has 0 heterocycles. The topological polar surface area (TPSA) is 3.24 Å². The number of hydrogen-bond acceptors (Lipinski definition) is 1. The van der Waals surface area contributed by atoms with E-state index in [1.807, 2.05) is 6.08 Å². The molecule has 0 atom stereocenters. The molecule has 0 unspecified atom stereocenters. The summed E-state index contributed by atoms with van der Waals surface area (Å²) in [6.07, 6.45) is 8.13. The third kappa shape index (κ3) is 7.40. The van der Waals surface area contributed by atoms with Crippen LogP contribution in [0.15, 0.2) is 12.2 Å². The normalized spacial score (nSPS) is 12.1. The van der Waals surface area contributed by atoms with E-state index in [2.05, 4.69) is 31.7 Å². The standard InChI is InChI=1S/C12H24ClN/c1-4-5-7-10-14(12(2)3)11-8-6-9-13/h6,8,12H,4-5,7,9-11H2,1-3H3. The zero-order chi connectivity index (χ0) is 10.8. The molecule has 0 saturated heterocycles. The fourth-order valence-corrected chi connectivity index (χ4v) is 1.52. The molecule has 0 aromatic carbocycles. The fourth-order valence-electron chi connectivity index (χ4n) is 1.40. The van der Waals surface area contributed by atoms with Gasteiger partial charge in [0.1, 0.15) is 0 Å². The Kier molecular flexibility index (Phi) is 9.53. The Labute approximate surface area is 94.1 Å². The molecule has 0 aliphatic rings. The van der Waals surface area contributed by atoms with E-state index in [4.69, 9.17) is 11.6 Å². The summed E-state index contributed by atoms with van der Waals surface area (Å²) in [5.74, 6) is 0.626. The van der Waals surface area contributed by atoms with Crippen LogP contribution in [0, 0.1) is 0 Å². The molecule has 0 aliphatic carbocycles. The van der Waals surface area contributed by atoms with Gasteiger partial charge in [-0.3, -0.25) is 4.90 Å². The van der Waals surface area contributed by atoms with Crippen LogP contribution in [0.25, 0.3) is 0 Å². The van der Waals surface area contributed by atoms with Crippen LogP contribution in [-0.2, 0) is 0 Å². The predicted molar refractivity (Wildman–Crippen MR) is 66.1 cm³/mol. The summed E-state index contributed by atoms with van der Waals surface area (Å²) in [5.41, 5.74) is 0. The van der Waals surface area contributed by atoms with Crippen molar-refractivity contribution in [3.63, 3.8) is 0 Å². The number of nitrogens with zero attached hydrogens (tertiary/aromatic N) is 1. The molecule has 0 aliphatic heterocycles. The summed E-state index contributed by atoms with van der Waals surface area (Å²) in [7, 11) is 0. The highest BCUT2D eigenvalue weighted by molar-refractivity contribution is 6.18. The van der Waals surface area contributed by atoms with Crippen molar-refractivity contribution in [1.82, 2.24) is 4.90 Å². The highest BCUT2D eigenvalue weighted by atomic mass is 35.5. The molecular formula is C12H24ClN. The van der Waals surface area contributed by atoms with Gasteiger partial charge in [0.05, 0.1) is 0 Å². The van der Waals surface area contributed by atoms with E-state index in [1.165, 1.54) is 25.8 Å². The number of unbranched alkanes of at least 4 members (excludes halogenated alkanes) is 2. The average Bonchev–Trinajstić information content (AvgIpc) is 2.15. The summed E-state index contributed by atoms with van der Waals surface area (Å²) in [5, 5.41) is 0. The minimum atomic E-state index is 0.626. The molecule has 14 heavy (non-hydrogen) atoms. The Morgan fingerprint density at radius 2 is 1.93 bits per heavy atom. The van der Waals surface area contributed by atoms with Gasteiger partial charge in [0.25, 0.3) is 0 Å². The molecule has 0 aromatic heterocycles. The second-order valence-electron chi connectivity index (χ2n) is 3.92. The fraction of sp³-hybridized carbons (Fsp3) is 0.833. The van der Waals surface area contributed by atoms with E-state index >= 15 is 0 Å². The minimum absolute atomic E-state index is 0.626. The van der Waals surface area contributed by atoms with Gasteiger partial charge in [-0.25, -0.2) is 0 Å². The smallest absolute Gasteiger partial charge is 0.0404 e. The van der Waals surface area contributed by atoms with Crippen molar-refractivity contribution in [3.05, 3.63) is 12.2 Å². The summed E-state index contributed by atoms with van der Waals surface area (Å²) in [6, 6.07) is 0.631. The van der Waals surface area contributed by atoms with E-state index < -0.39 is 0 Å². The van der Waals surface area contributed by atoms with Crippen molar-refractivity contribution >= 4 is 11.6 Å². The van der Waals surface area contributed by atoms with E-state index in [0.717, 1.165) is 6.54 Å². The molecule has 0 bridgehead atoms. The van der Waals surface area contributed by atoms with Crippen molar-refractivity contribution < 1.29 is 0 Å². The van der Waals surface area contributed by atoms with Gasteiger partial charge in [0.2, 0.25) is 0 Å². The zero-order valence-electron chi connectivity index (χ0n) is 9.80. The first kappa shape index (κ1) is 14.0. The quantitative estimate of drug-likeness (QED) is 0.341.